The van der Waals surface area contributed by atoms with Crippen LogP contribution in [0.15, 0.2) is 18.2 Å². The average molecular weight is 275 g/mol. The summed E-state index contributed by atoms with van der Waals surface area (Å²) in [6, 6.07) is 4.61. The highest BCUT2D eigenvalue weighted by molar-refractivity contribution is 6.30. The molecule has 5 heteroatoms. The minimum absolute atomic E-state index is 0.0750. The van der Waals surface area contributed by atoms with E-state index in [-0.39, 0.29) is 16.7 Å². The monoisotopic (exact) mass is 274 g/mol. The van der Waals surface area contributed by atoms with Crippen molar-refractivity contribution < 1.29 is 9.13 Å². The van der Waals surface area contributed by atoms with Crippen molar-refractivity contribution in [3.05, 3.63) is 34.6 Å². The van der Waals surface area contributed by atoms with Crippen molar-refractivity contribution >= 4 is 11.6 Å². The predicted octanol–water partition coefficient (Wildman–Crippen LogP) is 2.67. The van der Waals surface area contributed by atoms with Crippen LogP contribution in [-0.4, -0.2) is 18.8 Å². The van der Waals surface area contributed by atoms with Crippen LogP contribution in [0.5, 0.6) is 0 Å². The van der Waals surface area contributed by atoms with Crippen LogP contribution < -0.4 is 11.3 Å². The fraction of sp³-hybridized carbons (Fsp3) is 0.538. The highest BCUT2D eigenvalue weighted by atomic mass is 35.5. The molecule has 0 saturated heterocycles. The van der Waals surface area contributed by atoms with E-state index in [1.807, 2.05) is 13.8 Å². The van der Waals surface area contributed by atoms with E-state index in [1.54, 1.807) is 19.2 Å². The summed E-state index contributed by atoms with van der Waals surface area (Å²) in [4.78, 5) is 0. The number of hydrogen-bond donors (Lipinski definition) is 2. The highest BCUT2D eigenvalue weighted by Gasteiger charge is 2.31. The Morgan fingerprint density at radius 2 is 2.22 bits per heavy atom. The second-order valence-electron chi connectivity index (χ2n) is 4.54. The molecule has 0 amide bonds. The van der Waals surface area contributed by atoms with E-state index >= 15 is 0 Å². The van der Waals surface area contributed by atoms with Crippen LogP contribution >= 0.6 is 11.6 Å². The zero-order valence-electron chi connectivity index (χ0n) is 11.0. The maximum atomic E-state index is 13.1. The van der Waals surface area contributed by atoms with Gasteiger partial charge >= 0.3 is 0 Å². The lowest BCUT2D eigenvalue weighted by Gasteiger charge is -2.35. The Labute approximate surface area is 112 Å². The van der Waals surface area contributed by atoms with Crippen LogP contribution in [0, 0.1) is 5.82 Å². The third-order valence-corrected chi connectivity index (χ3v) is 3.82. The van der Waals surface area contributed by atoms with Crippen LogP contribution in [0.4, 0.5) is 4.39 Å². The van der Waals surface area contributed by atoms with E-state index in [4.69, 9.17) is 22.2 Å². The van der Waals surface area contributed by atoms with E-state index in [0.717, 1.165) is 12.0 Å². The van der Waals surface area contributed by atoms with E-state index in [0.29, 0.717) is 6.42 Å². The van der Waals surface area contributed by atoms with Gasteiger partial charge in [0.15, 0.2) is 0 Å². The summed E-state index contributed by atoms with van der Waals surface area (Å²) >= 11 is 5.76. The smallest absolute Gasteiger partial charge is 0.141 e. The Bertz CT molecular complexity index is 397. The third kappa shape index (κ3) is 3.42. The number of rotatable bonds is 6. The molecule has 1 aromatic carbocycles. The van der Waals surface area contributed by atoms with E-state index in [9.17, 15) is 4.39 Å². The molecule has 18 heavy (non-hydrogen) atoms. The largest absolute Gasteiger partial charge is 0.377 e. The van der Waals surface area contributed by atoms with Gasteiger partial charge in [0, 0.05) is 7.11 Å². The maximum Gasteiger partial charge on any atom is 0.141 e. The quantitative estimate of drug-likeness (QED) is 0.619. The fourth-order valence-corrected chi connectivity index (χ4v) is 2.09. The van der Waals surface area contributed by atoms with Crippen LogP contribution in [-0.2, 0) is 11.2 Å². The van der Waals surface area contributed by atoms with Crippen molar-refractivity contribution in [1.82, 2.24) is 5.43 Å². The van der Waals surface area contributed by atoms with Crippen molar-refractivity contribution in [2.75, 3.05) is 7.11 Å². The number of hydrogen-bond acceptors (Lipinski definition) is 3. The Morgan fingerprint density at radius 3 is 2.67 bits per heavy atom. The first-order valence-electron chi connectivity index (χ1n) is 5.92. The molecule has 2 atom stereocenters. The van der Waals surface area contributed by atoms with Crippen molar-refractivity contribution in [2.24, 2.45) is 5.84 Å². The number of methoxy groups -OCH3 is 1. The molecule has 0 aliphatic heterocycles. The number of halogens is 2. The van der Waals surface area contributed by atoms with Gasteiger partial charge in [0.2, 0.25) is 0 Å². The van der Waals surface area contributed by atoms with Gasteiger partial charge in [0.1, 0.15) is 5.82 Å². The average Bonchev–Trinajstić information content (AvgIpc) is 2.39. The number of nitrogens with one attached hydrogen (secondary N) is 1. The lowest BCUT2D eigenvalue weighted by Crippen LogP contribution is -2.53. The van der Waals surface area contributed by atoms with Crippen LogP contribution in [0.1, 0.15) is 25.8 Å². The van der Waals surface area contributed by atoms with Crippen molar-refractivity contribution in [2.45, 2.75) is 38.3 Å². The van der Waals surface area contributed by atoms with E-state index in [2.05, 4.69) is 5.43 Å². The summed E-state index contributed by atoms with van der Waals surface area (Å²) in [7, 11) is 1.66. The van der Waals surface area contributed by atoms with Crippen LogP contribution in [0.2, 0.25) is 5.02 Å². The molecule has 1 rings (SSSR count). The Balaban J connectivity index is 2.88. The summed E-state index contributed by atoms with van der Waals surface area (Å²) in [6.45, 7) is 4.02. The SMILES string of the molecule is CCC(C)(OC)C(Cc1ccc(F)c(Cl)c1)NN. The van der Waals surface area contributed by atoms with Gasteiger partial charge in [0.25, 0.3) is 0 Å². The molecule has 3 nitrogen and oxygen atoms in total. The summed E-state index contributed by atoms with van der Waals surface area (Å²) in [6.07, 6.45) is 1.43. The molecule has 0 spiro atoms. The molecular weight excluding hydrogens is 255 g/mol. The van der Waals surface area contributed by atoms with Crippen LogP contribution in [0.25, 0.3) is 0 Å². The number of ether oxygens (including phenoxy) is 1. The Kier molecular flexibility index (Phi) is 5.53. The molecule has 0 aromatic heterocycles. The standard InChI is InChI=1S/C13H20ClFN2O/c1-4-13(2,18-3)12(17-16)8-9-5-6-11(15)10(14)7-9/h5-7,12,17H,4,8,16H2,1-3H3. The van der Waals surface area contributed by atoms with Gasteiger partial charge in [-0.2, -0.15) is 0 Å². The Hall–Kier alpha value is -0.680. The normalized spacial score (nSPS) is 16.3. The molecule has 0 heterocycles. The molecule has 2 unspecified atom stereocenters. The first-order valence-corrected chi connectivity index (χ1v) is 6.29. The lowest BCUT2D eigenvalue weighted by atomic mass is 9.89. The maximum absolute atomic E-state index is 13.1. The first-order chi connectivity index (χ1) is 8.46. The summed E-state index contributed by atoms with van der Waals surface area (Å²) < 4.78 is 18.6. The van der Waals surface area contributed by atoms with E-state index < -0.39 is 5.82 Å². The van der Waals surface area contributed by atoms with Gasteiger partial charge in [0.05, 0.1) is 16.7 Å². The minimum Gasteiger partial charge on any atom is -0.377 e. The molecule has 0 fully saturated rings. The highest BCUT2D eigenvalue weighted by Crippen LogP contribution is 2.24. The minimum atomic E-state index is -0.414. The molecule has 0 saturated carbocycles. The number of hydrazine groups is 1. The summed E-state index contributed by atoms with van der Waals surface area (Å²) in [5, 5.41) is 0.124. The second-order valence-corrected chi connectivity index (χ2v) is 4.95. The second kappa shape index (κ2) is 6.48. The van der Waals surface area contributed by atoms with Crippen LogP contribution in [0.3, 0.4) is 0 Å². The zero-order chi connectivity index (χ0) is 13.8. The summed E-state index contributed by atoms with van der Waals surface area (Å²) in [5.41, 5.74) is 3.30. The third-order valence-electron chi connectivity index (χ3n) is 3.53. The molecule has 3 N–H and O–H groups in total. The van der Waals surface area contributed by atoms with Crippen molar-refractivity contribution in [1.29, 1.82) is 0 Å². The van der Waals surface area contributed by atoms with E-state index in [1.165, 1.54) is 6.07 Å². The molecule has 1 aromatic rings. The lowest BCUT2D eigenvalue weighted by molar-refractivity contribution is -0.0288. The zero-order valence-corrected chi connectivity index (χ0v) is 11.7. The van der Waals surface area contributed by atoms with Crippen molar-refractivity contribution in [3.8, 4) is 0 Å². The molecule has 0 aliphatic rings. The molecular formula is C13H20ClFN2O. The number of nitrogens with two attached hydrogens (primary N) is 1. The van der Waals surface area contributed by atoms with Gasteiger partial charge in [-0.1, -0.05) is 24.6 Å². The first kappa shape index (κ1) is 15.4. The van der Waals surface area contributed by atoms with Gasteiger partial charge in [-0.15, -0.1) is 0 Å². The fourth-order valence-electron chi connectivity index (χ4n) is 1.89. The summed E-state index contributed by atoms with van der Waals surface area (Å²) in [5.74, 6) is 5.17. The van der Waals surface area contributed by atoms with Gasteiger partial charge in [-0.25, -0.2) is 4.39 Å². The Morgan fingerprint density at radius 1 is 1.56 bits per heavy atom. The van der Waals surface area contributed by atoms with Gasteiger partial charge in [-0.3, -0.25) is 11.3 Å². The molecule has 102 valence electrons. The number of benzene rings is 1. The van der Waals surface area contributed by atoms with Crippen molar-refractivity contribution in [3.63, 3.8) is 0 Å². The van der Waals surface area contributed by atoms with Gasteiger partial charge in [-0.05, 0) is 37.5 Å². The predicted molar refractivity (Wildman–Crippen MR) is 71.9 cm³/mol. The van der Waals surface area contributed by atoms with Gasteiger partial charge < -0.3 is 4.74 Å². The topological polar surface area (TPSA) is 47.3 Å². The molecule has 0 radical (unpaired) electrons. The molecule has 0 bridgehead atoms. The molecule has 0 aliphatic carbocycles.